The molecule has 0 aromatic heterocycles. The third-order valence-electron chi connectivity index (χ3n) is 3.32. The number of carboxylic acid groups (broad SMARTS) is 1. The van der Waals surface area contributed by atoms with Gasteiger partial charge in [-0.25, -0.2) is 0 Å². The van der Waals surface area contributed by atoms with Crippen molar-refractivity contribution in [1.82, 2.24) is 10.2 Å². The second-order valence-corrected chi connectivity index (χ2v) is 4.54. The number of rotatable bonds is 4. The molecule has 5 heteroatoms. The summed E-state index contributed by atoms with van der Waals surface area (Å²) in [5, 5.41) is 11.8. The largest absolute Gasteiger partial charge is 0.480 e. The van der Waals surface area contributed by atoms with E-state index in [1.165, 1.54) is 0 Å². The first-order valence-electron chi connectivity index (χ1n) is 6.27. The quantitative estimate of drug-likeness (QED) is 0.713. The van der Waals surface area contributed by atoms with Crippen molar-refractivity contribution in [2.75, 3.05) is 13.1 Å². The van der Waals surface area contributed by atoms with Crippen LogP contribution in [0.2, 0.25) is 0 Å². The fourth-order valence-corrected chi connectivity index (χ4v) is 2.30. The minimum atomic E-state index is -0.853. The summed E-state index contributed by atoms with van der Waals surface area (Å²) in [6.07, 6.45) is 8.52. The fraction of sp³-hybridized carbons (Fsp3) is 0.692. The van der Waals surface area contributed by atoms with Crippen molar-refractivity contribution in [3.05, 3.63) is 0 Å². The number of likely N-dealkylation sites (tertiary alicyclic amines) is 1. The molecule has 5 nitrogen and oxygen atoms in total. The van der Waals surface area contributed by atoms with Crippen LogP contribution in [0.5, 0.6) is 0 Å². The molecule has 0 saturated carbocycles. The van der Waals surface area contributed by atoms with Gasteiger partial charge in [0.2, 0.25) is 5.91 Å². The summed E-state index contributed by atoms with van der Waals surface area (Å²) in [5.41, 5.74) is 0. The summed E-state index contributed by atoms with van der Waals surface area (Å²) in [7, 11) is 0. The van der Waals surface area contributed by atoms with Crippen LogP contribution in [0, 0.1) is 12.3 Å². The minimum absolute atomic E-state index is 0.175. The highest BCUT2D eigenvalue weighted by Crippen LogP contribution is 2.19. The zero-order chi connectivity index (χ0) is 13.5. The first-order valence-corrected chi connectivity index (χ1v) is 6.27. The van der Waals surface area contributed by atoms with Crippen LogP contribution < -0.4 is 5.32 Å². The van der Waals surface area contributed by atoms with Gasteiger partial charge in [-0.15, -0.1) is 6.42 Å². The molecule has 0 aromatic carbocycles. The first kappa shape index (κ1) is 14.5. The number of nitrogens with zero attached hydrogens (tertiary/aromatic N) is 1. The van der Waals surface area contributed by atoms with E-state index in [0.29, 0.717) is 13.0 Å². The second-order valence-electron chi connectivity index (χ2n) is 4.54. The van der Waals surface area contributed by atoms with Crippen LogP contribution in [-0.2, 0) is 9.59 Å². The molecule has 1 rings (SSSR count). The van der Waals surface area contributed by atoms with Gasteiger partial charge in [-0.1, -0.05) is 18.8 Å². The van der Waals surface area contributed by atoms with Gasteiger partial charge in [0, 0.05) is 0 Å². The van der Waals surface area contributed by atoms with Gasteiger partial charge in [0.15, 0.2) is 0 Å². The maximum atomic E-state index is 11.8. The lowest BCUT2D eigenvalue weighted by atomic mass is 10.1. The van der Waals surface area contributed by atoms with E-state index in [0.717, 1.165) is 19.3 Å². The molecule has 1 saturated heterocycles. The Kier molecular flexibility index (Phi) is 5.66. The zero-order valence-electron chi connectivity index (χ0n) is 10.7. The second kappa shape index (κ2) is 7.02. The average molecular weight is 252 g/mol. The molecule has 1 heterocycles. The number of carbonyl (C=O) groups excluding carboxylic acids is 1. The Hall–Kier alpha value is -1.54. The summed E-state index contributed by atoms with van der Waals surface area (Å²) in [6, 6.07) is -1.03. The van der Waals surface area contributed by atoms with Crippen LogP contribution in [0.1, 0.15) is 32.6 Å². The molecule has 2 unspecified atom stereocenters. The zero-order valence-corrected chi connectivity index (χ0v) is 10.7. The summed E-state index contributed by atoms with van der Waals surface area (Å²) >= 11 is 0. The molecule has 1 amide bonds. The number of amides is 1. The van der Waals surface area contributed by atoms with Gasteiger partial charge in [-0.05, 0) is 26.3 Å². The minimum Gasteiger partial charge on any atom is -0.480 e. The van der Waals surface area contributed by atoms with E-state index in [2.05, 4.69) is 11.2 Å². The van der Waals surface area contributed by atoms with E-state index in [1.54, 1.807) is 11.8 Å². The summed E-state index contributed by atoms with van der Waals surface area (Å²) in [4.78, 5) is 24.9. The van der Waals surface area contributed by atoms with Gasteiger partial charge < -0.3 is 10.4 Å². The van der Waals surface area contributed by atoms with E-state index >= 15 is 0 Å². The van der Waals surface area contributed by atoms with Crippen LogP contribution in [-0.4, -0.2) is 47.1 Å². The maximum absolute atomic E-state index is 11.8. The van der Waals surface area contributed by atoms with Crippen LogP contribution in [0.15, 0.2) is 0 Å². The molecule has 18 heavy (non-hydrogen) atoms. The van der Waals surface area contributed by atoms with Gasteiger partial charge in [0.25, 0.3) is 0 Å². The van der Waals surface area contributed by atoms with Crippen molar-refractivity contribution in [1.29, 1.82) is 0 Å². The predicted octanol–water partition coefficient (Wildman–Crippen LogP) is 0.453. The van der Waals surface area contributed by atoms with E-state index < -0.39 is 18.1 Å². The van der Waals surface area contributed by atoms with E-state index in [-0.39, 0.29) is 12.5 Å². The van der Waals surface area contributed by atoms with Crippen molar-refractivity contribution >= 4 is 11.9 Å². The smallest absolute Gasteiger partial charge is 0.320 e. The van der Waals surface area contributed by atoms with E-state index in [4.69, 9.17) is 6.42 Å². The highest BCUT2D eigenvalue weighted by atomic mass is 16.4. The van der Waals surface area contributed by atoms with Crippen molar-refractivity contribution < 1.29 is 14.7 Å². The van der Waals surface area contributed by atoms with Crippen molar-refractivity contribution in [3.63, 3.8) is 0 Å². The number of aliphatic carboxylic acids is 1. The number of nitrogens with one attached hydrogen (secondary N) is 1. The third kappa shape index (κ3) is 3.74. The molecule has 100 valence electrons. The molecule has 0 aliphatic carbocycles. The van der Waals surface area contributed by atoms with Crippen LogP contribution in [0.3, 0.4) is 0 Å². The average Bonchev–Trinajstić information content (AvgIpc) is 2.60. The molecule has 2 atom stereocenters. The van der Waals surface area contributed by atoms with Gasteiger partial charge in [-0.3, -0.25) is 14.5 Å². The van der Waals surface area contributed by atoms with Crippen molar-refractivity contribution in [3.8, 4) is 12.3 Å². The van der Waals surface area contributed by atoms with Crippen molar-refractivity contribution in [2.24, 2.45) is 0 Å². The Morgan fingerprint density at radius 1 is 1.50 bits per heavy atom. The maximum Gasteiger partial charge on any atom is 0.320 e. The Morgan fingerprint density at radius 3 is 2.83 bits per heavy atom. The topological polar surface area (TPSA) is 69.6 Å². The van der Waals surface area contributed by atoms with Crippen LogP contribution in [0.25, 0.3) is 0 Å². The number of hydrogen-bond acceptors (Lipinski definition) is 3. The summed E-state index contributed by atoms with van der Waals surface area (Å²) in [6.45, 7) is 2.55. The highest BCUT2D eigenvalue weighted by Gasteiger charge is 2.33. The van der Waals surface area contributed by atoms with Crippen LogP contribution >= 0.6 is 0 Å². The van der Waals surface area contributed by atoms with Crippen LogP contribution in [0.4, 0.5) is 0 Å². The molecule has 0 spiro atoms. The predicted molar refractivity (Wildman–Crippen MR) is 67.9 cm³/mol. The SMILES string of the molecule is C#CCNC(=O)C(C)N1CCCCCC1C(=O)O. The molecule has 1 aliphatic rings. The van der Waals surface area contributed by atoms with Crippen molar-refractivity contribution in [2.45, 2.75) is 44.7 Å². The molecule has 0 radical (unpaired) electrons. The first-order chi connectivity index (χ1) is 8.57. The number of terminal acetylenes is 1. The molecule has 2 N–H and O–H groups in total. The molecule has 1 aliphatic heterocycles. The Morgan fingerprint density at radius 2 is 2.22 bits per heavy atom. The molecular weight excluding hydrogens is 232 g/mol. The molecular formula is C13H20N2O3. The van der Waals surface area contributed by atoms with E-state index in [1.807, 2.05) is 0 Å². The van der Waals surface area contributed by atoms with Gasteiger partial charge in [0.1, 0.15) is 6.04 Å². The Bertz CT molecular complexity index is 349. The van der Waals surface area contributed by atoms with E-state index in [9.17, 15) is 14.7 Å². The Balaban J connectivity index is 2.72. The lowest BCUT2D eigenvalue weighted by Crippen LogP contribution is -2.52. The number of carboxylic acids is 1. The summed E-state index contributed by atoms with van der Waals surface area (Å²) < 4.78 is 0. The number of carbonyl (C=O) groups is 2. The highest BCUT2D eigenvalue weighted by molar-refractivity contribution is 5.83. The van der Waals surface area contributed by atoms with Gasteiger partial charge >= 0.3 is 5.97 Å². The van der Waals surface area contributed by atoms with Gasteiger partial charge in [0.05, 0.1) is 12.6 Å². The monoisotopic (exact) mass is 252 g/mol. The summed E-state index contributed by atoms with van der Waals surface area (Å²) in [5.74, 6) is 1.28. The lowest BCUT2D eigenvalue weighted by molar-refractivity contribution is -0.145. The fourth-order valence-electron chi connectivity index (χ4n) is 2.30. The lowest BCUT2D eigenvalue weighted by Gasteiger charge is -2.31. The standard InChI is InChI=1S/C13H20N2O3/c1-3-8-14-12(16)10(2)15-9-6-4-5-7-11(15)13(17)18/h1,10-11H,4-9H2,2H3,(H,14,16)(H,17,18). The van der Waals surface area contributed by atoms with Gasteiger partial charge in [-0.2, -0.15) is 0 Å². The normalized spacial score (nSPS) is 22.6. The number of hydrogen-bond donors (Lipinski definition) is 2. The molecule has 1 fully saturated rings. The molecule has 0 aromatic rings. The molecule has 0 bridgehead atoms. The third-order valence-corrected chi connectivity index (χ3v) is 3.32. The Labute approximate surface area is 108 Å².